The maximum Gasteiger partial charge on any atom is 0.573 e. The van der Waals surface area contributed by atoms with Gasteiger partial charge in [0.25, 0.3) is 0 Å². The van der Waals surface area contributed by atoms with Gasteiger partial charge in [0.2, 0.25) is 0 Å². The SMILES string of the molecule is COC(=O)Cc1ccc(O)c(OC(F)(F)F)c1. The molecule has 0 aromatic heterocycles. The first-order chi connectivity index (χ1) is 7.81. The van der Waals surface area contributed by atoms with Crippen LogP contribution < -0.4 is 4.74 Å². The van der Waals surface area contributed by atoms with Crippen LogP contribution in [0.15, 0.2) is 18.2 Å². The molecule has 0 aliphatic heterocycles. The van der Waals surface area contributed by atoms with Gasteiger partial charge in [0, 0.05) is 0 Å². The number of aromatic hydroxyl groups is 1. The van der Waals surface area contributed by atoms with E-state index in [9.17, 15) is 18.0 Å². The molecule has 1 rings (SSSR count). The third kappa shape index (κ3) is 4.21. The molecule has 7 heteroatoms. The van der Waals surface area contributed by atoms with E-state index in [0.717, 1.165) is 19.2 Å². The highest BCUT2D eigenvalue weighted by Crippen LogP contribution is 2.32. The minimum Gasteiger partial charge on any atom is -0.504 e. The van der Waals surface area contributed by atoms with Crippen molar-refractivity contribution < 1.29 is 32.5 Å². The molecule has 0 aliphatic carbocycles. The van der Waals surface area contributed by atoms with Crippen LogP contribution in [-0.4, -0.2) is 24.5 Å². The lowest BCUT2D eigenvalue weighted by Crippen LogP contribution is -2.17. The van der Waals surface area contributed by atoms with Crippen molar-refractivity contribution in [2.24, 2.45) is 0 Å². The van der Waals surface area contributed by atoms with E-state index in [1.807, 2.05) is 0 Å². The first kappa shape index (κ1) is 13.1. The number of hydrogen-bond donors (Lipinski definition) is 1. The van der Waals surface area contributed by atoms with E-state index in [1.165, 1.54) is 6.07 Å². The Balaban J connectivity index is 2.90. The van der Waals surface area contributed by atoms with Crippen molar-refractivity contribution in [3.05, 3.63) is 23.8 Å². The first-order valence-corrected chi connectivity index (χ1v) is 4.46. The summed E-state index contributed by atoms with van der Waals surface area (Å²) < 4.78 is 43.8. The molecule has 0 spiro atoms. The molecule has 0 fully saturated rings. The Hall–Kier alpha value is -1.92. The Morgan fingerprint density at radius 3 is 2.59 bits per heavy atom. The van der Waals surface area contributed by atoms with Crippen molar-refractivity contribution in [3.8, 4) is 11.5 Å². The van der Waals surface area contributed by atoms with E-state index in [0.29, 0.717) is 0 Å². The molecule has 0 aliphatic rings. The van der Waals surface area contributed by atoms with Gasteiger partial charge >= 0.3 is 12.3 Å². The predicted octanol–water partition coefficient (Wildman–Crippen LogP) is 2.01. The summed E-state index contributed by atoms with van der Waals surface area (Å²) in [5.41, 5.74) is 0.244. The van der Waals surface area contributed by atoms with Gasteiger partial charge in [-0.3, -0.25) is 4.79 Å². The molecule has 1 aromatic carbocycles. The zero-order valence-electron chi connectivity index (χ0n) is 8.75. The number of carbonyl (C=O) groups excluding carboxylic acids is 1. The van der Waals surface area contributed by atoms with Gasteiger partial charge in [-0.1, -0.05) is 6.07 Å². The van der Waals surface area contributed by atoms with Crippen LogP contribution >= 0.6 is 0 Å². The zero-order chi connectivity index (χ0) is 13.1. The topological polar surface area (TPSA) is 55.8 Å². The quantitative estimate of drug-likeness (QED) is 0.833. The number of hydrogen-bond acceptors (Lipinski definition) is 4. The van der Waals surface area contributed by atoms with Crippen LogP contribution in [0.25, 0.3) is 0 Å². The van der Waals surface area contributed by atoms with Crippen LogP contribution in [0, 0.1) is 0 Å². The molecule has 0 heterocycles. The van der Waals surface area contributed by atoms with Gasteiger partial charge in [0.1, 0.15) is 0 Å². The lowest BCUT2D eigenvalue weighted by Gasteiger charge is -2.11. The molecule has 4 nitrogen and oxygen atoms in total. The number of methoxy groups -OCH3 is 1. The smallest absolute Gasteiger partial charge is 0.504 e. The molecule has 94 valence electrons. The van der Waals surface area contributed by atoms with E-state index in [-0.39, 0.29) is 12.0 Å². The molecule has 17 heavy (non-hydrogen) atoms. The number of carbonyl (C=O) groups is 1. The average molecular weight is 250 g/mol. The maximum atomic E-state index is 12.0. The fourth-order valence-corrected chi connectivity index (χ4v) is 1.11. The molecule has 0 saturated heterocycles. The minimum absolute atomic E-state index is 0.203. The Labute approximate surface area is 94.6 Å². The third-order valence-corrected chi connectivity index (χ3v) is 1.83. The number of rotatable bonds is 3. The second-order valence-electron chi connectivity index (χ2n) is 3.10. The molecule has 0 bridgehead atoms. The Morgan fingerprint density at radius 2 is 2.06 bits per heavy atom. The van der Waals surface area contributed by atoms with E-state index in [2.05, 4.69) is 9.47 Å². The van der Waals surface area contributed by atoms with Crippen molar-refractivity contribution in [3.63, 3.8) is 0 Å². The van der Waals surface area contributed by atoms with E-state index >= 15 is 0 Å². The summed E-state index contributed by atoms with van der Waals surface area (Å²) in [7, 11) is 1.16. The number of phenolic OH excluding ortho intramolecular Hbond substituents is 1. The standard InChI is InChI=1S/C10H9F3O4/c1-16-9(15)5-6-2-3-7(14)8(4-6)17-10(11,12)13/h2-4,14H,5H2,1H3. The lowest BCUT2D eigenvalue weighted by atomic mass is 10.1. The number of benzene rings is 1. The highest BCUT2D eigenvalue weighted by Gasteiger charge is 2.32. The first-order valence-electron chi connectivity index (χ1n) is 4.46. The van der Waals surface area contributed by atoms with Crippen molar-refractivity contribution in [2.75, 3.05) is 7.11 Å². The zero-order valence-corrected chi connectivity index (χ0v) is 8.75. The van der Waals surface area contributed by atoms with Gasteiger partial charge in [-0.2, -0.15) is 0 Å². The van der Waals surface area contributed by atoms with Crippen LogP contribution in [0.3, 0.4) is 0 Å². The van der Waals surface area contributed by atoms with Crippen molar-refractivity contribution in [1.82, 2.24) is 0 Å². The summed E-state index contributed by atoms with van der Waals surface area (Å²) in [6.45, 7) is 0. The van der Waals surface area contributed by atoms with E-state index in [4.69, 9.17) is 5.11 Å². The number of alkyl halides is 3. The normalized spacial score (nSPS) is 11.1. The molecular weight excluding hydrogens is 241 g/mol. The van der Waals surface area contributed by atoms with Crippen molar-refractivity contribution in [1.29, 1.82) is 0 Å². The van der Waals surface area contributed by atoms with E-state index in [1.54, 1.807) is 0 Å². The fourth-order valence-electron chi connectivity index (χ4n) is 1.11. The molecule has 0 radical (unpaired) electrons. The summed E-state index contributed by atoms with van der Waals surface area (Å²) in [6.07, 6.45) is -5.10. The van der Waals surface area contributed by atoms with Crippen LogP contribution in [0.2, 0.25) is 0 Å². The van der Waals surface area contributed by atoms with Gasteiger partial charge in [-0.05, 0) is 17.7 Å². The minimum atomic E-state index is -4.90. The highest BCUT2D eigenvalue weighted by atomic mass is 19.4. The summed E-state index contributed by atoms with van der Waals surface area (Å²) in [6, 6.07) is 3.24. The van der Waals surface area contributed by atoms with Crippen LogP contribution in [0.5, 0.6) is 11.5 Å². The summed E-state index contributed by atoms with van der Waals surface area (Å²) in [5, 5.41) is 9.15. The Morgan fingerprint density at radius 1 is 1.41 bits per heavy atom. The fraction of sp³-hybridized carbons (Fsp3) is 0.300. The lowest BCUT2D eigenvalue weighted by molar-refractivity contribution is -0.275. The van der Waals surface area contributed by atoms with Crippen LogP contribution in [0.1, 0.15) is 5.56 Å². The molecule has 0 unspecified atom stereocenters. The van der Waals surface area contributed by atoms with Gasteiger partial charge < -0.3 is 14.6 Å². The third-order valence-electron chi connectivity index (χ3n) is 1.83. The maximum absolute atomic E-state index is 12.0. The van der Waals surface area contributed by atoms with Crippen LogP contribution in [-0.2, 0) is 16.0 Å². The van der Waals surface area contributed by atoms with Crippen molar-refractivity contribution in [2.45, 2.75) is 12.8 Å². The average Bonchev–Trinajstić information content (AvgIpc) is 2.21. The molecule has 0 atom stereocenters. The number of phenols is 1. The second-order valence-corrected chi connectivity index (χ2v) is 3.10. The van der Waals surface area contributed by atoms with Gasteiger partial charge in [0.05, 0.1) is 13.5 Å². The summed E-state index contributed by atoms with van der Waals surface area (Å²) in [4.78, 5) is 10.9. The summed E-state index contributed by atoms with van der Waals surface area (Å²) in [5.74, 6) is -2.01. The monoisotopic (exact) mass is 250 g/mol. The number of ether oxygens (including phenoxy) is 2. The van der Waals surface area contributed by atoms with Gasteiger partial charge in [-0.15, -0.1) is 13.2 Å². The molecule has 1 N–H and O–H groups in total. The Bertz CT molecular complexity index is 415. The highest BCUT2D eigenvalue weighted by molar-refractivity contribution is 5.72. The molecule has 1 aromatic rings. The largest absolute Gasteiger partial charge is 0.573 e. The number of halogens is 3. The Kier molecular flexibility index (Phi) is 3.82. The molecule has 0 amide bonds. The predicted molar refractivity (Wildman–Crippen MR) is 50.5 cm³/mol. The molecular formula is C10H9F3O4. The molecule has 0 saturated carbocycles. The van der Waals surface area contributed by atoms with Crippen molar-refractivity contribution >= 4 is 5.97 Å². The van der Waals surface area contributed by atoms with Gasteiger partial charge in [-0.25, -0.2) is 0 Å². The van der Waals surface area contributed by atoms with E-state index < -0.39 is 23.8 Å². The second kappa shape index (κ2) is 4.94. The van der Waals surface area contributed by atoms with Gasteiger partial charge in [0.15, 0.2) is 11.5 Å². The summed E-state index contributed by atoms with van der Waals surface area (Å²) >= 11 is 0. The number of esters is 1. The van der Waals surface area contributed by atoms with Crippen LogP contribution in [0.4, 0.5) is 13.2 Å².